The number of para-hydroxylation sites is 2. The number of carbonyl (C=O) groups excluding carboxylic acids is 1. The van der Waals surface area contributed by atoms with Gasteiger partial charge in [0.2, 0.25) is 0 Å². The summed E-state index contributed by atoms with van der Waals surface area (Å²) in [7, 11) is -3.49. The molecule has 28 heavy (non-hydrogen) atoms. The number of fused-ring (bicyclic) bond motifs is 1. The van der Waals surface area contributed by atoms with Gasteiger partial charge in [0.1, 0.15) is 5.69 Å². The molecule has 6 nitrogen and oxygen atoms in total. The van der Waals surface area contributed by atoms with Crippen molar-refractivity contribution in [2.24, 2.45) is 0 Å². The number of sulfone groups is 1. The number of nitrogens with zero attached hydrogens (tertiary/aromatic N) is 1. The number of aromatic nitrogens is 1. The van der Waals surface area contributed by atoms with Gasteiger partial charge in [-0.1, -0.05) is 30.3 Å². The van der Waals surface area contributed by atoms with E-state index in [1.165, 1.54) is 12.3 Å². The molecule has 0 bridgehead atoms. The highest BCUT2D eigenvalue weighted by Crippen LogP contribution is 2.27. The number of nitrogens with one attached hydrogen (secondary N) is 1. The maximum absolute atomic E-state index is 13.1. The van der Waals surface area contributed by atoms with Crippen LogP contribution in [0, 0.1) is 0 Å². The highest BCUT2D eigenvalue weighted by Gasteiger charge is 2.18. The zero-order valence-electron chi connectivity index (χ0n) is 14.9. The molecule has 0 saturated carbocycles. The molecule has 0 aliphatic rings. The van der Waals surface area contributed by atoms with E-state index in [9.17, 15) is 13.2 Å². The zero-order chi connectivity index (χ0) is 19.7. The van der Waals surface area contributed by atoms with Gasteiger partial charge < -0.3 is 9.73 Å². The predicted molar refractivity (Wildman–Crippen MR) is 107 cm³/mol. The third-order valence-electron chi connectivity index (χ3n) is 4.27. The highest BCUT2D eigenvalue weighted by atomic mass is 32.2. The molecule has 2 aromatic carbocycles. The minimum atomic E-state index is -3.49. The second kappa shape index (κ2) is 6.94. The summed E-state index contributed by atoms with van der Waals surface area (Å²) in [6.45, 7) is 0. The minimum absolute atomic E-state index is 0.0629. The molecule has 4 aromatic rings. The van der Waals surface area contributed by atoms with Gasteiger partial charge in [-0.15, -0.1) is 0 Å². The Labute approximate surface area is 161 Å². The lowest BCUT2D eigenvalue weighted by molar-refractivity contribution is 0.102. The first-order valence-electron chi connectivity index (χ1n) is 8.47. The van der Waals surface area contributed by atoms with Gasteiger partial charge in [-0.05, 0) is 36.4 Å². The molecule has 0 atom stereocenters. The number of furan rings is 1. The topological polar surface area (TPSA) is 89.3 Å². The fraction of sp³-hybridized carbons (Fsp3) is 0.0476. The van der Waals surface area contributed by atoms with Crippen LogP contribution in [0.5, 0.6) is 0 Å². The van der Waals surface area contributed by atoms with Crippen molar-refractivity contribution in [3.05, 3.63) is 78.6 Å². The summed E-state index contributed by atoms with van der Waals surface area (Å²) in [4.78, 5) is 17.7. The molecule has 1 N–H and O–H groups in total. The summed E-state index contributed by atoms with van der Waals surface area (Å²) in [6, 6.07) is 18.7. The van der Waals surface area contributed by atoms with Crippen LogP contribution in [-0.2, 0) is 9.84 Å². The third-order valence-corrected chi connectivity index (χ3v) is 5.42. The van der Waals surface area contributed by atoms with Crippen LogP contribution in [-0.4, -0.2) is 25.6 Å². The van der Waals surface area contributed by atoms with Gasteiger partial charge in [0, 0.05) is 11.6 Å². The Morgan fingerprint density at radius 1 is 1.00 bits per heavy atom. The molecule has 2 aromatic heterocycles. The number of pyridine rings is 1. The highest BCUT2D eigenvalue weighted by molar-refractivity contribution is 7.90. The Bertz CT molecular complexity index is 1280. The summed E-state index contributed by atoms with van der Waals surface area (Å²) >= 11 is 0. The van der Waals surface area contributed by atoms with Crippen LogP contribution in [0.25, 0.3) is 22.4 Å². The molecule has 2 heterocycles. The van der Waals surface area contributed by atoms with Crippen molar-refractivity contribution in [3.8, 4) is 11.5 Å². The van der Waals surface area contributed by atoms with Crippen LogP contribution in [0.4, 0.5) is 5.69 Å². The number of rotatable bonds is 4. The molecule has 0 aliphatic heterocycles. The first-order chi connectivity index (χ1) is 13.4. The van der Waals surface area contributed by atoms with Crippen molar-refractivity contribution in [2.45, 2.75) is 4.90 Å². The predicted octanol–water partition coefficient (Wildman–Crippen LogP) is 4.15. The number of benzene rings is 2. The average molecular weight is 392 g/mol. The molecule has 0 radical (unpaired) electrons. The second-order valence-corrected chi connectivity index (χ2v) is 8.26. The Hall–Kier alpha value is -3.45. The van der Waals surface area contributed by atoms with Gasteiger partial charge in [0.05, 0.1) is 27.9 Å². The van der Waals surface area contributed by atoms with Gasteiger partial charge in [-0.3, -0.25) is 4.79 Å². The van der Waals surface area contributed by atoms with E-state index in [0.29, 0.717) is 27.9 Å². The van der Waals surface area contributed by atoms with E-state index in [2.05, 4.69) is 10.3 Å². The van der Waals surface area contributed by atoms with E-state index in [4.69, 9.17) is 4.42 Å². The molecular formula is C21H16N2O4S. The summed E-state index contributed by atoms with van der Waals surface area (Å²) in [5, 5.41) is 3.38. The lowest BCUT2D eigenvalue weighted by Crippen LogP contribution is -2.15. The van der Waals surface area contributed by atoms with Gasteiger partial charge in [-0.25, -0.2) is 13.4 Å². The molecule has 0 spiro atoms. The van der Waals surface area contributed by atoms with Crippen LogP contribution in [0.15, 0.2) is 82.3 Å². The molecule has 4 rings (SSSR count). The number of carbonyl (C=O) groups is 1. The van der Waals surface area contributed by atoms with Gasteiger partial charge in [0.15, 0.2) is 15.6 Å². The maximum Gasteiger partial charge on any atom is 0.256 e. The van der Waals surface area contributed by atoms with Crippen LogP contribution in [0.2, 0.25) is 0 Å². The fourth-order valence-electron chi connectivity index (χ4n) is 3.00. The Balaban J connectivity index is 1.82. The van der Waals surface area contributed by atoms with Crippen LogP contribution >= 0.6 is 0 Å². The second-order valence-electron chi connectivity index (χ2n) is 6.27. The lowest BCUT2D eigenvalue weighted by atomic mass is 10.1. The van der Waals surface area contributed by atoms with E-state index < -0.39 is 15.7 Å². The van der Waals surface area contributed by atoms with E-state index in [-0.39, 0.29) is 10.6 Å². The van der Waals surface area contributed by atoms with Crippen molar-refractivity contribution in [1.29, 1.82) is 0 Å². The van der Waals surface area contributed by atoms with Crippen LogP contribution in [0.3, 0.4) is 0 Å². The molecule has 140 valence electrons. The molecule has 7 heteroatoms. The summed E-state index contributed by atoms with van der Waals surface area (Å²) in [5.74, 6) is 0.110. The van der Waals surface area contributed by atoms with E-state index in [1.54, 1.807) is 42.5 Å². The minimum Gasteiger partial charge on any atom is -0.463 e. The largest absolute Gasteiger partial charge is 0.463 e. The van der Waals surface area contributed by atoms with Gasteiger partial charge in [0.25, 0.3) is 5.91 Å². The van der Waals surface area contributed by atoms with Crippen molar-refractivity contribution in [2.75, 3.05) is 11.6 Å². The van der Waals surface area contributed by atoms with Crippen molar-refractivity contribution >= 4 is 32.3 Å². The maximum atomic E-state index is 13.1. The van der Waals surface area contributed by atoms with E-state index in [0.717, 1.165) is 6.26 Å². The first kappa shape index (κ1) is 17.9. The molecule has 0 fully saturated rings. The summed E-state index contributed by atoms with van der Waals surface area (Å²) < 4.78 is 29.5. The number of hydrogen-bond donors (Lipinski definition) is 1. The fourth-order valence-corrected chi connectivity index (χ4v) is 3.84. The van der Waals surface area contributed by atoms with Crippen molar-refractivity contribution in [3.63, 3.8) is 0 Å². The Morgan fingerprint density at radius 2 is 1.75 bits per heavy atom. The standard InChI is InChI=1S/C21H16N2O4S/c1-28(25,26)20-11-5-4-9-17(20)23-21(24)15-13-18(19-10-6-12-27-19)22-16-8-3-2-7-14(15)16/h2-13H,1H3,(H,23,24). The summed E-state index contributed by atoms with van der Waals surface area (Å²) in [6.07, 6.45) is 2.64. The monoisotopic (exact) mass is 392 g/mol. The number of anilines is 1. The van der Waals surface area contributed by atoms with Gasteiger partial charge in [-0.2, -0.15) is 0 Å². The molecular weight excluding hydrogens is 376 g/mol. The first-order valence-corrected chi connectivity index (χ1v) is 10.4. The normalized spacial score (nSPS) is 11.5. The molecule has 1 amide bonds. The Morgan fingerprint density at radius 3 is 2.50 bits per heavy atom. The van der Waals surface area contributed by atoms with Crippen molar-refractivity contribution < 1.29 is 17.6 Å². The SMILES string of the molecule is CS(=O)(=O)c1ccccc1NC(=O)c1cc(-c2ccco2)nc2ccccc12. The Kier molecular flexibility index (Phi) is 4.44. The van der Waals surface area contributed by atoms with E-state index in [1.807, 2.05) is 18.2 Å². The molecule has 0 saturated heterocycles. The lowest BCUT2D eigenvalue weighted by Gasteiger charge is -2.12. The zero-order valence-corrected chi connectivity index (χ0v) is 15.7. The quantitative estimate of drug-likeness (QED) is 0.563. The number of hydrogen-bond acceptors (Lipinski definition) is 5. The van der Waals surface area contributed by atoms with Crippen molar-refractivity contribution in [1.82, 2.24) is 4.98 Å². The number of amides is 1. The van der Waals surface area contributed by atoms with Crippen LogP contribution < -0.4 is 5.32 Å². The average Bonchev–Trinajstić information content (AvgIpc) is 3.21. The smallest absolute Gasteiger partial charge is 0.256 e. The summed E-state index contributed by atoms with van der Waals surface area (Å²) in [5.41, 5.74) is 1.76. The van der Waals surface area contributed by atoms with E-state index >= 15 is 0 Å². The third kappa shape index (κ3) is 3.39. The van der Waals surface area contributed by atoms with Crippen LogP contribution in [0.1, 0.15) is 10.4 Å². The molecule has 0 aliphatic carbocycles. The van der Waals surface area contributed by atoms with Gasteiger partial charge >= 0.3 is 0 Å². The molecule has 0 unspecified atom stereocenters.